The quantitative estimate of drug-likeness (QED) is 0.0222. The Labute approximate surface area is 658 Å². The van der Waals surface area contributed by atoms with Gasteiger partial charge in [-0.05, 0) is 49.4 Å². The summed E-state index contributed by atoms with van der Waals surface area (Å²) in [4.78, 5) is 73.3. The summed E-state index contributed by atoms with van der Waals surface area (Å²) >= 11 is 0. The maximum atomic E-state index is 13.2. The lowest BCUT2D eigenvalue weighted by atomic mass is 10.0. The van der Waals surface area contributed by atoms with Crippen LogP contribution < -0.4 is 0 Å². The molecule has 0 radical (unpaired) electrons. The molecule has 0 aliphatic rings. The second-order valence-electron chi connectivity index (χ2n) is 33.5. The van der Waals surface area contributed by atoms with Crippen LogP contribution in [0.2, 0.25) is 0 Å². The second-order valence-corrected chi connectivity index (χ2v) is 36.4. The van der Waals surface area contributed by atoms with Gasteiger partial charge in [-0.1, -0.05) is 409 Å². The van der Waals surface area contributed by atoms with Crippen LogP contribution in [0.1, 0.15) is 460 Å². The van der Waals surface area contributed by atoms with Crippen molar-refractivity contribution in [2.75, 3.05) is 39.6 Å². The van der Waals surface area contributed by atoms with Crippen LogP contribution in [-0.4, -0.2) is 96.7 Å². The van der Waals surface area contributed by atoms with Crippen molar-refractivity contribution in [1.82, 2.24) is 0 Å². The van der Waals surface area contributed by atoms with Crippen molar-refractivity contribution in [1.29, 1.82) is 0 Å². The predicted octanol–water partition coefficient (Wildman–Crippen LogP) is 26.7. The summed E-state index contributed by atoms with van der Waals surface area (Å²) in [5.74, 6) is 1.03. The molecule has 5 atom stereocenters. The molecule has 107 heavy (non-hydrogen) atoms. The first-order valence-corrected chi connectivity index (χ1v) is 48.2. The maximum absolute atomic E-state index is 13.2. The first kappa shape index (κ1) is 105. The van der Waals surface area contributed by atoms with Gasteiger partial charge in [0, 0.05) is 25.7 Å². The lowest BCUT2D eigenvalue weighted by molar-refractivity contribution is -0.161. The van der Waals surface area contributed by atoms with Gasteiger partial charge in [-0.15, -0.1) is 0 Å². The van der Waals surface area contributed by atoms with E-state index in [1.54, 1.807) is 0 Å². The number of phosphoric acid groups is 2. The van der Waals surface area contributed by atoms with E-state index in [9.17, 15) is 43.2 Å². The molecule has 0 amide bonds. The van der Waals surface area contributed by atoms with Crippen LogP contribution in [0.5, 0.6) is 0 Å². The van der Waals surface area contributed by atoms with Crippen molar-refractivity contribution in [2.45, 2.75) is 478 Å². The zero-order chi connectivity index (χ0) is 78.8. The number of rotatable bonds is 85. The summed E-state index contributed by atoms with van der Waals surface area (Å²) in [5, 5.41) is 10.7. The van der Waals surface area contributed by atoms with Gasteiger partial charge in [0.05, 0.1) is 26.4 Å². The minimum Gasteiger partial charge on any atom is -0.462 e. The van der Waals surface area contributed by atoms with Gasteiger partial charge in [-0.3, -0.25) is 37.3 Å². The summed E-state index contributed by atoms with van der Waals surface area (Å²) in [5.41, 5.74) is 0. The minimum absolute atomic E-state index is 0.107. The van der Waals surface area contributed by atoms with Gasteiger partial charge in [0.15, 0.2) is 12.2 Å². The Bertz CT molecular complexity index is 2080. The molecule has 0 saturated carbocycles. The summed E-state index contributed by atoms with van der Waals surface area (Å²) in [6.07, 6.45) is 66.8. The van der Waals surface area contributed by atoms with Crippen LogP contribution in [-0.2, 0) is 65.4 Å². The van der Waals surface area contributed by atoms with Gasteiger partial charge >= 0.3 is 39.5 Å². The van der Waals surface area contributed by atoms with E-state index < -0.39 is 97.5 Å². The molecule has 17 nitrogen and oxygen atoms in total. The highest BCUT2D eigenvalue weighted by Crippen LogP contribution is 2.45. The van der Waals surface area contributed by atoms with E-state index in [1.165, 1.54) is 257 Å². The Kier molecular flexibility index (Phi) is 75.3. The largest absolute Gasteiger partial charge is 0.472 e. The third kappa shape index (κ3) is 81.9. The van der Waals surface area contributed by atoms with Gasteiger partial charge < -0.3 is 33.8 Å². The molecule has 0 bridgehead atoms. The average Bonchev–Trinajstić information content (AvgIpc) is 0.908. The number of ether oxygens (including phenoxy) is 4. The molecule has 19 heteroatoms. The van der Waals surface area contributed by atoms with Crippen molar-refractivity contribution in [3.8, 4) is 0 Å². The molecule has 0 aliphatic heterocycles. The molecule has 0 rings (SSSR count). The van der Waals surface area contributed by atoms with Gasteiger partial charge in [0.1, 0.15) is 19.3 Å². The van der Waals surface area contributed by atoms with Crippen LogP contribution in [0.4, 0.5) is 0 Å². The first-order valence-electron chi connectivity index (χ1n) is 45.2. The zero-order valence-electron chi connectivity index (χ0n) is 70.8. The SMILES string of the molecule is CC(C)CCCCCCCCCCCCCCCCCCCCC(=O)OC[C@H](COP(=O)(O)OCC(O)COP(=O)(O)OC[C@@H](COC(=O)CCCCCCCCCC(C)C)OC(=O)CCCCCCCCCCCCCCCCC(C)C)OC(=O)CCCCCCCCCCCCCCCCCCC(C)C. The van der Waals surface area contributed by atoms with Crippen LogP contribution >= 0.6 is 15.6 Å². The number of esters is 4. The highest BCUT2D eigenvalue weighted by atomic mass is 31.2. The number of aliphatic hydroxyl groups is 1. The van der Waals surface area contributed by atoms with E-state index in [4.69, 9.17) is 37.0 Å². The molecular formula is C88H172O17P2. The highest BCUT2D eigenvalue weighted by Gasteiger charge is 2.31. The second kappa shape index (κ2) is 76.7. The molecule has 0 aliphatic carbocycles. The van der Waals surface area contributed by atoms with Crippen molar-refractivity contribution in [3.05, 3.63) is 0 Å². The van der Waals surface area contributed by atoms with Crippen LogP contribution in [0.15, 0.2) is 0 Å². The number of hydrogen-bond donors (Lipinski definition) is 3. The summed E-state index contributed by atoms with van der Waals surface area (Å²) < 4.78 is 68.9. The molecule has 0 spiro atoms. The van der Waals surface area contributed by atoms with Gasteiger partial charge in [-0.2, -0.15) is 0 Å². The summed E-state index contributed by atoms with van der Waals surface area (Å²) in [7, 11) is -9.93. The third-order valence-electron chi connectivity index (χ3n) is 20.6. The topological polar surface area (TPSA) is 237 Å². The molecule has 0 heterocycles. The molecule has 0 aromatic heterocycles. The molecule has 0 aromatic carbocycles. The predicted molar refractivity (Wildman–Crippen MR) is 441 cm³/mol. The van der Waals surface area contributed by atoms with E-state index in [0.29, 0.717) is 31.6 Å². The highest BCUT2D eigenvalue weighted by molar-refractivity contribution is 7.47. The molecule has 636 valence electrons. The summed E-state index contributed by atoms with van der Waals surface area (Å²) in [6.45, 7) is 14.3. The molecule has 3 N–H and O–H groups in total. The van der Waals surface area contributed by atoms with Crippen molar-refractivity contribution in [3.63, 3.8) is 0 Å². The van der Waals surface area contributed by atoms with E-state index in [0.717, 1.165) is 114 Å². The first-order chi connectivity index (χ1) is 51.6. The number of phosphoric ester groups is 2. The van der Waals surface area contributed by atoms with Crippen LogP contribution in [0.25, 0.3) is 0 Å². The monoisotopic (exact) mass is 1560 g/mol. The Balaban J connectivity index is 5.22. The van der Waals surface area contributed by atoms with Crippen molar-refractivity contribution < 1.29 is 80.2 Å². The standard InChI is InChI=1S/C88H172O17P2/c1-78(2)64-56-48-40-33-27-21-15-11-9-10-12-17-24-30-36-44-52-60-68-85(90)98-74-83(104-87(92)70-62-54-45-37-31-25-18-14-13-16-22-28-34-41-49-57-65-79(3)4)76-102-106(94,95)100-72-82(89)73-101-107(96,97)103-77-84(75-99-86(91)69-61-53-47-39-43-51-59-67-81(7)8)105-88(93)71-63-55-46-38-32-26-20-19-23-29-35-42-50-58-66-80(5)6/h78-84,89H,9-77H2,1-8H3,(H,94,95)(H,96,97)/t82?,83-,84-/m1/s1. The maximum Gasteiger partial charge on any atom is 0.472 e. The molecule has 0 saturated heterocycles. The Morgan fingerprint density at radius 3 is 0.579 bits per heavy atom. The summed E-state index contributed by atoms with van der Waals surface area (Å²) in [6, 6.07) is 0. The fourth-order valence-electron chi connectivity index (χ4n) is 13.7. The fraction of sp³-hybridized carbons (Fsp3) is 0.955. The van der Waals surface area contributed by atoms with Gasteiger partial charge in [0.25, 0.3) is 0 Å². The average molecular weight is 1560 g/mol. The number of unbranched alkanes of at least 4 members (excludes halogenated alkanes) is 51. The lowest BCUT2D eigenvalue weighted by Gasteiger charge is -2.21. The Morgan fingerprint density at radius 2 is 0.393 bits per heavy atom. The van der Waals surface area contributed by atoms with E-state index in [1.807, 2.05) is 0 Å². The van der Waals surface area contributed by atoms with E-state index in [-0.39, 0.29) is 25.7 Å². The van der Waals surface area contributed by atoms with E-state index >= 15 is 0 Å². The van der Waals surface area contributed by atoms with Crippen molar-refractivity contribution >= 4 is 39.5 Å². The minimum atomic E-state index is -4.97. The zero-order valence-corrected chi connectivity index (χ0v) is 72.6. The Morgan fingerprint density at radius 1 is 0.234 bits per heavy atom. The third-order valence-corrected chi connectivity index (χ3v) is 22.5. The van der Waals surface area contributed by atoms with Gasteiger partial charge in [0.2, 0.25) is 0 Å². The number of aliphatic hydroxyl groups excluding tert-OH is 1. The fourth-order valence-corrected chi connectivity index (χ4v) is 15.3. The number of carbonyl (C=O) groups excluding carboxylic acids is 4. The van der Waals surface area contributed by atoms with E-state index in [2.05, 4.69) is 55.4 Å². The molecule has 3 unspecified atom stereocenters. The molecule has 0 aromatic rings. The smallest absolute Gasteiger partial charge is 0.462 e. The number of hydrogen-bond acceptors (Lipinski definition) is 15. The van der Waals surface area contributed by atoms with Gasteiger partial charge in [-0.25, -0.2) is 9.13 Å². The normalized spacial score (nSPS) is 13.9. The van der Waals surface area contributed by atoms with Crippen molar-refractivity contribution in [2.24, 2.45) is 23.7 Å². The lowest BCUT2D eigenvalue weighted by Crippen LogP contribution is -2.30. The van der Waals surface area contributed by atoms with Crippen LogP contribution in [0, 0.1) is 23.7 Å². The van der Waals surface area contributed by atoms with Crippen LogP contribution in [0.3, 0.4) is 0 Å². The molecule has 0 fully saturated rings. The molecular weight excluding hydrogens is 1390 g/mol. The Hall–Kier alpha value is -1.94. The number of carbonyl (C=O) groups is 4.